The molecule has 2 saturated carbocycles. The third kappa shape index (κ3) is 4.72. The quantitative estimate of drug-likeness (QED) is 0.515. The summed E-state index contributed by atoms with van der Waals surface area (Å²) in [7, 11) is 1.52. The number of hydrogen-bond acceptors (Lipinski definition) is 5. The van der Waals surface area contributed by atoms with Gasteiger partial charge in [-0.3, -0.25) is 14.7 Å². The molecule has 1 N–H and O–H groups in total. The molecule has 4 rings (SSSR count). The van der Waals surface area contributed by atoms with Gasteiger partial charge in [-0.2, -0.15) is 0 Å². The van der Waals surface area contributed by atoms with E-state index in [4.69, 9.17) is 9.73 Å². The number of carbonyl (C=O) groups is 1. The molecule has 0 bridgehead atoms. The molecule has 0 atom stereocenters. The Kier molecular flexibility index (Phi) is 7.08. The molecular formula is C23H29BrN2O3S. The maximum Gasteiger partial charge on any atom is 0.267 e. The zero-order chi connectivity index (χ0) is 21.1. The Morgan fingerprint density at radius 2 is 1.80 bits per heavy atom. The lowest BCUT2D eigenvalue weighted by atomic mass is 9.94. The molecule has 1 amide bonds. The van der Waals surface area contributed by atoms with Crippen molar-refractivity contribution >= 4 is 44.8 Å². The number of ether oxygens (including phenoxy) is 1. The van der Waals surface area contributed by atoms with Gasteiger partial charge in [-0.05, 0) is 61.2 Å². The summed E-state index contributed by atoms with van der Waals surface area (Å²) in [5.41, 5.74) is 0.808. The Morgan fingerprint density at radius 3 is 2.47 bits per heavy atom. The molecule has 0 unspecified atom stereocenters. The number of methoxy groups -OCH3 is 1. The summed E-state index contributed by atoms with van der Waals surface area (Å²) in [4.78, 5) is 21.2. The SMILES string of the molecule is COc1cc(C=C2SC(=NC3CCCCC3)N(C3CCCCC3)C2=O)c(Br)cc1O. The van der Waals surface area contributed by atoms with Crippen LogP contribution in [0.3, 0.4) is 0 Å². The standard InChI is InChI=1S/C23H29BrN2O3S/c1-29-20-12-15(18(24)14-19(20)27)13-21-22(28)26(17-10-6-3-7-11-17)23(30-21)25-16-8-4-2-5-9-16/h12-14,16-17,27H,2-11H2,1H3. The number of aliphatic imine (C=N–C) groups is 1. The van der Waals surface area contributed by atoms with E-state index in [1.165, 1.54) is 57.4 Å². The smallest absolute Gasteiger partial charge is 0.267 e. The number of carbonyl (C=O) groups excluding carboxylic acids is 1. The zero-order valence-corrected chi connectivity index (χ0v) is 19.8. The van der Waals surface area contributed by atoms with Crippen molar-refractivity contribution in [3.05, 3.63) is 27.1 Å². The van der Waals surface area contributed by atoms with Crippen LogP contribution in [0.1, 0.15) is 69.8 Å². The minimum atomic E-state index is 0.0559. The number of hydrogen-bond donors (Lipinski definition) is 1. The lowest BCUT2D eigenvalue weighted by Crippen LogP contribution is -2.41. The molecule has 3 aliphatic rings. The van der Waals surface area contributed by atoms with E-state index >= 15 is 0 Å². The molecular weight excluding hydrogens is 464 g/mol. The fourth-order valence-electron chi connectivity index (χ4n) is 4.58. The number of amides is 1. The fourth-order valence-corrected chi connectivity index (χ4v) is 6.12. The average Bonchev–Trinajstić information content (AvgIpc) is 3.06. The summed E-state index contributed by atoms with van der Waals surface area (Å²) in [5, 5.41) is 10.9. The highest BCUT2D eigenvalue weighted by molar-refractivity contribution is 9.10. The maximum atomic E-state index is 13.5. The van der Waals surface area contributed by atoms with Gasteiger partial charge in [-0.15, -0.1) is 0 Å². The Morgan fingerprint density at radius 1 is 1.13 bits per heavy atom. The van der Waals surface area contributed by atoms with E-state index in [1.807, 2.05) is 11.0 Å². The molecule has 0 spiro atoms. The highest BCUT2D eigenvalue weighted by Gasteiger charge is 2.39. The van der Waals surface area contributed by atoms with Crippen LogP contribution in [0.4, 0.5) is 0 Å². The second-order valence-electron chi connectivity index (χ2n) is 8.33. The van der Waals surface area contributed by atoms with E-state index < -0.39 is 0 Å². The van der Waals surface area contributed by atoms with Crippen LogP contribution in [-0.2, 0) is 4.79 Å². The Balaban J connectivity index is 1.67. The maximum absolute atomic E-state index is 13.5. The number of rotatable bonds is 4. The van der Waals surface area contributed by atoms with Crippen LogP contribution in [0.25, 0.3) is 6.08 Å². The zero-order valence-electron chi connectivity index (χ0n) is 17.4. The van der Waals surface area contributed by atoms with Crippen molar-refractivity contribution in [1.82, 2.24) is 4.90 Å². The van der Waals surface area contributed by atoms with E-state index in [0.717, 1.165) is 40.9 Å². The van der Waals surface area contributed by atoms with Gasteiger partial charge in [0.2, 0.25) is 0 Å². The second-order valence-corrected chi connectivity index (χ2v) is 10.2. The molecule has 1 saturated heterocycles. The van der Waals surface area contributed by atoms with Crippen LogP contribution < -0.4 is 4.74 Å². The number of thioether (sulfide) groups is 1. The van der Waals surface area contributed by atoms with Crippen molar-refractivity contribution in [2.24, 2.45) is 4.99 Å². The molecule has 3 fully saturated rings. The molecule has 2 aliphatic carbocycles. The van der Waals surface area contributed by atoms with E-state index in [2.05, 4.69) is 15.9 Å². The first-order valence-electron chi connectivity index (χ1n) is 10.9. The van der Waals surface area contributed by atoms with Gasteiger partial charge < -0.3 is 9.84 Å². The monoisotopic (exact) mass is 492 g/mol. The summed E-state index contributed by atoms with van der Waals surface area (Å²) in [6, 6.07) is 3.94. The molecule has 7 heteroatoms. The lowest BCUT2D eigenvalue weighted by molar-refractivity contribution is -0.124. The van der Waals surface area contributed by atoms with Gasteiger partial charge in [0, 0.05) is 10.5 Å². The molecule has 5 nitrogen and oxygen atoms in total. The third-order valence-electron chi connectivity index (χ3n) is 6.23. The first kappa shape index (κ1) is 21.8. The second kappa shape index (κ2) is 9.77. The van der Waals surface area contributed by atoms with Crippen molar-refractivity contribution in [2.75, 3.05) is 7.11 Å². The number of phenolic OH excluding ortho intramolecular Hbond substituents is 1. The molecule has 30 heavy (non-hydrogen) atoms. The van der Waals surface area contributed by atoms with E-state index in [0.29, 0.717) is 16.7 Å². The van der Waals surface area contributed by atoms with Crippen LogP contribution in [-0.4, -0.2) is 40.3 Å². The summed E-state index contributed by atoms with van der Waals surface area (Å²) >= 11 is 5.00. The van der Waals surface area contributed by atoms with Crippen molar-refractivity contribution in [3.8, 4) is 11.5 Å². The minimum absolute atomic E-state index is 0.0559. The van der Waals surface area contributed by atoms with E-state index in [-0.39, 0.29) is 17.7 Å². The average molecular weight is 493 g/mol. The molecule has 1 aliphatic heterocycles. The van der Waals surface area contributed by atoms with Crippen molar-refractivity contribution in [3.63, 3.8) is 0 Å². The summed E-state index contributed by atoms with van der Waals surface area (Å²) in [6.45, 7) is 0. The Hall–Kier alpha value is -1.47. The van der Waals surface area contributed by atoms with E-state index in [9.17, 15) is 9.90 Å². The van der Waals surface area contributed by atoms with Crippen LogP contribution in [0.15, 0.2) is 26.5 Å². The van der Waals surface area contributed by atoms with E-state index in [1.54, 1.807) is 12.1 Å². The van der Waals surface area contributed by atoms with Gasteiger partial charge in [0.25, 0.3) is 5.91 Å². The molecule has 162 valence electrons. The molecule has 1 aromatic rings. The highest BCUT2D eigenvalue weighted by Crippen LogP contribution is 2.40. The topological polar surface area (TPSA) is 62.1 Å². The first-order chi connectivity index (χ1) is 14.6. The summed E-state index contributed by atoms with van der Waals surface area (Å²) in [6.07, 6.45) is 13.6. The number of amidine groups is 1. The molecule has 0 aromatic heterocycles. The van der Waals surface area contributed by atoms with Crippen molar-refractivity contribution in [2.45, 2.75) is 76.3 Å². The van der Waals surface area contributed by atoms with Gasteiger partial charge in [0.1, 0.15) is 0 Å². The minimum Gasteiger partial charge on any atom is -0.504 e. The number of nitrogens with zero attached hydrogens (tertiary/aromatic N) is 2. The lowest BCUT2D eigenvalue weighted by Gasteiger charge is -2.31. The summed E-state index contributed by atoms with van der Waals surface area (Å²) < 4.78 is 5.97. The number of aromatic hydroxyl groups is 1. The van der Waals surface area contributed by atoms with Gasteiger partial charge >= 0.3 is 0 Å². The fraction of sp³-hybridized carbons (Fsp3) is 0.565. The predicted octanol–water partition coefficient (Wildman–Crippen LogP) is 6.10. The van der Waals surface area contributed by atoms with Gasteiger partial charge in [-0.25, -0.2) is 0 Å². The molecule has 0 radical (unpaired) electrons. The molecule has 1 aromatic carbocycles. The number of phenols is 1. The van der Waals surface area contributed by atoms with Crippen LogP contribution in [0.5, 0.6) is 11.5 Å². The van der Waals surface area contributed by atoms with Crippen molar-refractivity contribution in [1.29, 1.82) is 0 Å². The van der Waals surface area contributed by atoms with Crippen LogP contribution >= 0.6 is 27.7 Å². The normalized spacial score (nSPS) is 24.2. The van der Waals surface area contributed by atoms with Crippen LogP contribution in [0, 0.1) is 0 Å². The largest absolute Gasteiger partial charge is 0.504 e. The highest BCUT2D eigenvalue weighted by atomic mass is 79.9. The number of halogens is 1. The number of benzene rings is 1. The van der Waals surface area contributed by atoms with Crippen LogP contribution in [0.2, 0.25) is 0 Å². The third-order valence-corrected chi connectivity index (χ3v) is 7.91. The van der Waals surface area contributed by atoms with Gasteiger partial charge in [0.15, 0.2) is 16.7 Å². The Labute approximate surface area is 191 Å². The first-order valence-corrected chi connectivity index (χ1v) is 12.5. The van der Waals surface area contributed by atoms with Crippen molar-refractivity contribution < 1.29 is 14.6 Å². The Bertz CT molecular complexity index is 858. The van der Waals surface area contributed by atoms with Gasteiger partial charge in [-0.1, -0.05) is 54.5 Å². The predicted molar refractivity (Wildman–Crippen MR) is 126 cm³/mol. The molecule has 1 heterocycles. The van der Waals surface area contributed by atoms with Gasteiger partial charge in [0.05, 0.1) is 18.1 Å². The summed E-state index contributed by atoms with van der Waals surface area (Å²) in [5.74, 6) is 0.515.